The van der Waals surface area contributed by atoms with Crippen LogP contribution in [0.5, 0.6) is 11.5 Å². The smallest absolute Gasteiger partial charge is 0.344 e. The SMILES string of the molecule is COc1ccc2c(c1OC)C(=O)O[C@@H]2NC1CCCCC1. The van der Waals surface area contributed by atoms with Gasteiger partial charge in [-0.3, -0.25) is 5.32 Å². The van der Waals surface area contributed by atoms with Gasteiger partial charge in [-0.25, -0.2) is 4.79 Å². The first-order valence-electron chi connectivity index (χ1n) is 7.46. The molecular weight excluding hydrogens is 270 g/mol. The van der Waals surface area contributed by atoms with E-state index in [1.54, 1.807) is 7.11 Å². The van der Waals surface area contributed by atoms with Gasteiger partial charge in [0.15, 0.2) is 17.7 Å². The Labute approximate surface area is 124 Å². The Bertz CT molecular complexity index is 537. The maximum atomic E-state index is 12.2. The lowest BCUT2D eigenvalue weighted by Gasteiger charge is -2.26. The number of hydrogen-bond donors (Lipinski definition) is 1. The molecule has 0 saturated heterocycles. The molecule has 1 aliphatic carbocycles. The van der Waals surface area contributed by atoms with Gasteiger partial charge in [0.2, 0.25) is 0 Å². The normalized spacial score (nSPS) is 21.8. The zero-order chi connectivity index (χ0) is 14.8. The summed E-state index contributed by atoms with van der Waals surface area (Å²) in [5.74, 6) is 0.647. The fraction of sp³-hybridized carbons (Fsp3) is 0.562. The van der Waals surface area contributed by atoms with Crippen molar-refractivity contribution in [3.63, 3.8) is 0 Å². The van der Waals surface area contributed by atoms with Crippen molar-refractivity contribution in [1.82, 2.24) is 5.32 Å². The van der Waals surface area contributed by atoms with E-state index in [1.165, 1.54) is 26.4 Å². The summed E-state index contributed by atoms with van der Waals surface area (Å²) < 4.78 is 16.1. The first kappa shape index (κ1) is 14.2. The number of benzene rings is 1. The van der Waals surface area contributed by atoms with Crippen molar-refractivity contribution in [2.75, 3.05) is 14.2 Å². The minimum Gasteiger partial charge on any atom is -0.493 e. The van der Waals surface area contributed by atoms with Crippen molar-refractivity contribution in [2.45, 2.75) is 44.4 Å². The minimum atomic E-state index is -0.379. The number of carbonyl (C=O) groups excluding carboxylic acids is 1. The molecular formula is C16H21NO4. The van der Waals surface area contributed by atoms with Gasteiger partial charge < -0.3 is 14.2 Å². The summed E-state index contributed by atoms with van der Waals surface area (Å²) in [6.07, 6.45) is 5.65. The predicted molar refractivity (Wildman–Crippen MR) is 77.7 cm³/mol. The maximum Gasteiger partial charge on any atom is 0.344 e. The molecule has 1 N–H and O–H groups in total. The van der Waals surface area contributed by atoms with Crippen LogP contribution in [0.15, 0.2) is 12.1 Å². The summed E-state index contributed by atoms with van der Waals surface area (Å²) in [5.41, 5.74) is 1.31. The highest BCUT2D eigenvalue weighted by atomic mass is 16.6. The molecule has 1 atom stereocenters. The molecule has 21 heavy (non-hydrogen) atoms. The van der Waals surface area contributed by atoms with E-state index in [2.05, 4.69) is 5.32 Å². The van der Waals surface area contributed by atoms with E-state index in [0.717, 1.165) is 18.4 Å². The average Bonchev–Trinajstić information content (AvgIpc) is 2.83. The molecule has 0 unspecified atom stereocenters. The number of nitrogens with one attached hydrogen (secondary N) is 1. The second-order valence-corrected chi connectivity index (χ2v) is 5.55. The van der Waals surface area contributed by atoms with Crippen molar-refractivity contribution in [1.29, 1.82) is 0 Å². The fourth-order valence-corrected chi connectivity index (χ4v) is 3.21. The Kier molecular flexibility index (Phi) is 4.01. The van der Waals surface area contributed by atoms with Gasteiger partial charge in [0, 0.05) is 11.6 Å². The number of fused-ring (bicyclic) bond motifs is 1. The zero-order valence-corrected chi connectivity index (χ0v) is 12.5. The van der Waals surface area contributed by atoms with E-state index in [4.69, 9.17) is 14.2 Å². The quantitative estimate of drug-likeness (QED) is 0.864. The average molecular weight is 291 g/mol. The van der Waals surface area contributed by atoms with Crippen LogP contribution in [0.1, 0.15) is 54.3 Å². The first-order chi connectivity index (χ1) is 10.2. The van der Waals surface area contributed by atoms with Gasteiger partial charge in [-0.15, -0.1) is 0 Å². The molecule has 114 valence electrons. The molecule has 5 heteroatoms. The highest BCUT2D eigenvalue weighted by molar-refractivity contribution is 5.98. The van der Waals surface area contributed by atoms with Crippen LogP contribution in [-0.2, 0) is 4.74 Å². The molecule has 1 aromatic rings. The van der Waals surface area contributed by atoms with Crippen LogP contribution in [0.2, 0.25) is 0 Å². The molecule has 1 saturated carbocycles. The molecule has 1 aliphatic heterocycles. The topological polar surface area (TPSA) is 56.8 Å². The molecule has 3 rings (SSSR count). The largest absolute Gasteiger partial charge is 0.493 e. The minimum absolute atomic E-state index is 0.353. The molecule has 0 bridgehead atoms. The second kappa shape index (κ2) is 5.93. The molecule has 0 aromatic heterocycles. The van der Waals surface area contributed by atoms with Gasteiger partial charge in [0.25, 0.3) is 0 Å². The molecule has 5 nitrogen and oxygen atoms in total. The monoisotopic (exact) mass is 291 g/mol. The van der Waals surface area contributed by atoms with Crippen molar-refractivity contribution < 1.29 is 19.0 Å². The number of hydrogen-bond acceptors (Lipinski definition) is 5. The third kappa shape index (κ3) is 2.58. The number of esters is 1. The lowest BCUT2D eigenvalue weighted by atomic mass is 9.95. The summed E-state index contributed by atoms with van der Waals surface area (Å²) in [4.78, 5) is 12.2. The predicted octanol–water partition coefficient (Wildman–Crippen LogP) is 2.80. The lowest BCUT2D eigenvalue weighted by Crippen LogP contribution is -2.34. The molecule has 1 heterocycles. The van der Waals surface area contributed by atoms with Gasteiger partial charge in [-0.2, -0.15) is 0 Å². The Morgan fingerprint density at radius 2 is 1.90 bits per heavy atom. The molecule has 1 fully saturated rings. The lowest BCUT2D eigenvalue weighted by molar-refractivity contribution is 0.0260. The van der Waals surface area contributed by atoms with Crippen LogP contribution >= 0.6 is 0 Å². The molecule has 0 radical (unpaired) electrons. The first-order valence-corrected chi connectivity index (χ1v) is 7.46. The van der Waals surface area contributed by atoms with Gasteiger partial charge in [0.1, 0.15) is 5.56 Å². The molecule has 1 aromatic carbocycles. The highest BCUT2D eigenvalue weighted by Crippen LogP contribution is 2.41. The number of methoxy groups -OCH3 is 2. The zero-order valence-electron chi connectivity index (χ0n) is 12.5. The molecule has 0 amide bonds. The Hall–Kier alpha value is -1.75. The van der Waals surface area contributed by atoms with Gasteiger partial charge in [-0.1, -0.05) is 19.3 Å². The number of cyclic esters (lactones) is 1. The van der Waals surface area contributed by atoms with Crippen LogP contribution in [0.3, 0.4) is 0 Å². The summed E-state index contributed by atoms with van der Waals surface area (Å²) in [7, 11) is 3.09. The van der Waals surface area contributed by atoms with Gasteiger partial charge >= 0.3 is 5.97 Å². The van der Waals surface area contributed by atoms with Crippen molar-refractivity contribution in [3.05, 3.63) is 23.3 Å². The van der Waals surface area contributed by atoms with E-state index >= 15 is 0 Å². The summed E-state index contributed by atoms with van der Waals surface area (Å²) in [6, 6.07) is 4.10. The van der Waals surface area contributed by atoms with Crippen LogP contribution in [0.25, 0.3) is 0 Å². The van der Waals surface area contributed by atoms with Crippen molar-refractivity contribution in [2.24, 2.45) is 0 Å². The summed E-state index contributed by atoms with van der Waals surface area (Å²) >= 11 is 0. The van der Waals surface area contributed by atoms with Crippen LogP contribution in [-0.4, -0.2) is 26.2 Å². The number of carbonyl (C=O) groups is 1. The van der Waals surface area contributed by atoms with E-state index in [1.807, 2.05) is 12.1 Å². The van der Waals surface area contributed by atoms with Crippen LogP contribution < -0.4 is 14.8 Å². The van der Waals surface area contributed by atoms with Crippen LogP contribution in [0, 0.1) is 0 Å². The second-order valence-electron chi connectivity index (χ2n) is 5.55. The highest BCUT2D eigenvalue weighted by Gasteiger charge is 2.36. The van der Waals surface area contributed by atoms with E-state index in [9.17, 15) is 4.79 Å². The van der Waals surface area contributed by atoms with Crippen molar-refractivity contribution in [3.8, 4) is 11.5 Å². The number of ether oxygens (including phenoxy) is 3. The van der Waals surface area contributed by atoms with E-state index < -0.39 is 0 Å². The standard InChI is InChI=1S/C16H21NO4/c1-19-12-9-8-11-13(14(12)20-2)16(18)21-15(11)17-10-6-4-3-5-7-10/h8-10,15,17H,3-7H2,1-2H3/t15-/m0/s1. The fourth-order valence-electron chi connectivity index (χ4n) is 3.21. The number of rotatable bonds is 4. The summed E-state index contributed by atoms with van der Waals surface area (Å²) in [5, 5.41) is 3.45. The summed E-state index contributed by atoms with van der Waals surface area (Å²) in [6.45, 7) is 0. The van der Waals surface area contributed by atoms with Crippen LogP contribution in [0.4, 0.5) is 0 Å². The third-order valence-electron chi connectivity index (χ3n) is 4.28. The van der Waals surface area contributed by atoms with Crippen molar-refractivity contribution >= 4 is 5.97 Å². The van der Waals surface area contributed by atoms with Gasteiger partial charge in [-0.05, 0) is 25.0 Å². The van der Waals surface area contributed by atoms with E-state index in [0.29, 0.717) is 23.1 Å². The third-order valence-corrected chi connectivity index (χ3v) is 4.28. The maximum absolute atomic E-state index is 12.2. The molecule has 2 aliphatic rings. The Morgan fingerprint density at radius 3 is 2.57 bits per heavy atom. The Morgan fingerprint density at radius 1 is 1.14 bits per heavy atom. The molecule has 0 spiro atoms. The van der Waals surface area contributed by atoms with Gasteiger partial charge in [0.05, 0.1) is 14.2 Å². The van der Waals surface area contributed by atoms with E-state index in [-0.39, 0.29) is 12.2 Å². The Balaban J connectivity index is 1.87.